The van der Waals surface area contributed by atoms with Crippen LogP contribution in [0.3, 0.4) is 0 Å². The van der Waals surface area contributed by atoms with Gasteiger partial charge in [0.15, 0.2) is 0 Å². The summed E-state index contributed by atoms with van der Waals surface area (Å²) in [4.78, 5) is 31.2. The van der Waals surface area contributed by atoms with Crippen molar-refractivity contribution in [3.63, 3.8) is 0 Å². The average Bonchev–Trinajstić information content (AvgIpc) is 3.27. The van der Waals surface area contributed by atoms with E-state index in [1.165, 1.54) is 12.0 Å². The topological polar surface area (TPSA) is 61.9 Å². The van der Waals surface area contributed by atoms with Gasteiger partial charge in [0.05, 0.1) is 13.2 Å². The van der Waals surface area contributed by atoms with E-state index in [9.17, 15) is 9.59 Å². The Kier molecular flexibility index (Phi) is 7.71. The maximum absolute atomic E-state index is 13.6. The molecule has 186 valence electrons. The lowest BCUT2D eigenvalue weighted by molar-refractivity contribution is -0.125. The highest BCUT2D eigenvalue weighted by Gasteiger charge is 2.47. The third-order valence-corrected chi connectivity index (χ3v) is 7.90. The summed E-state index contributed by atoms with van der Waals surface area (Å²) in [5.41, 5.74) is 2.87. The monoisotopic (exact) mass is 495 g/mol. The van der Waals surface area contributed by atoms with E-state index >= 15 is 0 Å². The average molecular weight is 496 g/mol. The van der Waals surface area contributed by atoms with Crippen molar-refractivity contribution in [1.29, 1.82) is 0 Å². The van der Waals surface area contributed by atoms with Gasteiger partial charge in [0.25, 0.3) is 5.91 Å². The van der Waals surface area contributed by atoms with Gasteiger partial charge in [-0.2, -0.15) is 0 Å². The minimum absolute atomic E-state index is 0.0617. The number of morpholine rings is 1. The van der Waals surface area contributed by atoms with E-state index in [4.69, 9.17) is 16.3 Å². The van der Waals surface area contributed by atoms with Crippen LogP contribution in [0.25, 0.3) is 0 Å². The van der Waals surface area contributed by atoms with Crippen LogP contribution >= 0.6 is 11.6 Å². The number of hydrogen-bond donors (Lipinski definition) is 1. The van der Waals surface area contributed by atoms with E-state index < -0.39 is 6.04 Å². The largest absolute Gasteiger partial charge is 0.379 e. The van der Waals surface area contributed by atoms with E-state index in [0.29, 0.717) is 23.0 Å². The van der Waals surface area contributed by atoms with Crippen molar-refractivity contribution in [2.75, 3.05) is 26.3 Å². The standard InChI is InChI=1S/C28H34ClN3O3/c29-24-9-4-8-23(16-24)28(34)32-25-10-2-1-7-22(25)17-26(32)27(33)30-18-20-5-3-6-21(15-20)19-31-11-13-35-14-12-31/h3-6,8-9,15-16,22,25-26H,1-2,7,10-14,17-19H2,(H,30,33)/t22-,25+,26-/m0/s1. The number of nitrogens with one attached hydrogen (secondary N) is 1. The van der Waals surface area contributed by atoms with E-state index in [0.717, 1.165) is 64.1 Å². The number of halogens is 1. The van der Waals surface area contributed by atoms with E-state index in [1.54, 1.807) is 24.3 Å². The van der Waals surface area contributed by atoms with Crippen LogP contribution in [0.15, 0.2) is 48.5 Å². The van der Waals surface area contributed by atoms with Crippen LogP contribution in [0.1, 0.15) is 53.6 Å². The first-order chi connectivity index (χ1) is 17.1. The third-order valence-electron chi connectivity index (χ3n) is 7.66. The highest BCUT2D eigenvalue weighted by atomic mass is 35.5. The molecular formula is C28H34ClN3O3. The summed E-state index contributed by atoms with van der Waals surface area (Å²) >= 11 is 6.16. The summed E-state index contributed by atoms with van der Waals surface area (Å²) in [5, 5.41) is 3.67. The van der Waals surface area contributed by atoms with Gasteiger partial charge >= 0.3 is 0 Å². The summed E-state index contributed by atoms with van der Waals surface area (Å²) in [5.74, 6) is 0.238. The first-order valence-corrected chi connectivity index (χ1v) is 13.2. The second-order valence-corrected chi connectivity index (χ2v) is 10.4. The van der Waals surface area contributed by atoms with Crippen molar-refractivity contribution >= 4 is 23.4 Å². The van der Waals surface area contributed by atoms with E-state index in [2.05, 4.69) is 28.4 Å². The Hall–Kier alpha value is -2.41. The molecule has 6 nitrogen and oxygen atoms in total. The van der Waals surface area contributed by atoms with Crippen LogP contribution in [0.4, 0.5) is 0 Å². The number of carbonyl (C=O) groups excluding carboxylic acids is 2. The Bertz CT molecular complexity index is 1060. The molecule has 2 saturated heterocycles. The van der Waals surface area contributed by atoms with Crippen LogP contribution in [0, 0.1) is 5.92 Å². The molecule has 3 atom stereocenters. The molecule has 1 saturated carbocycles. The van der Waals surface area contributed by atoms with Gasteiger partial charge in [-0.1, -0.05) is 54.8 Å². The van der Waals surface area contributed by atoms with Crippen LogP contribution in [0.2, 0.25) is 5.02 Å². The first kappa shape index (κ1) is 24.3. The summed E-state index contributed by atoms with van der Waals surface area (Å²) in [7, 11) is 0. The second-order valence-electron chi connectivity index (χ2n) is 10.0. The molecule has 7 heteroatoms. The predicted molar refractivity (Wildman–Crippen MR) is 136 cm³/mol. The molecular weight excluding hydrogens is 462 g/mol. The molecule has 0 aromatic heterocycles. The van der Waals surface area contributed by atoms with E-state index in [-0.39, 0.29) is 17.9 Å². The quantitative estimate of drug-likeness (QED) is 0.650. The van der Waals surface area contributed by atoms with E-state index in [1.807, 2.05) is 11.0 Å². The number of rotatable bonds is 6. The minimum atomic E-state index is -0.439. The predicted octanol–water partition coefficient (Wildman–Crippen LogP) is 4.26. The highest BCUT2D eigenvalue weighted by molar-refractivity contribution is 6.31. The molecule has 3 aliphatic rings. The second kappa shape index (κ2) is 11.1. The minimum Gasteiger partial charge on any atom is -0.379 e. The Morgan fingerprint density at radius 1 is 1.00 bits per heavy atom. The van der Waals surface area contributed by atoms with Crippen molar-refractivity contribution < 1.29 is 14.3 Å². The Morgan fingerprint density at radius 2 is 1.77 bits per heavy atom. The van der Waals surface area contributed by atoms with Gasteiger partial charge in [0, 0.05) is 42.8 Å². The molecule has 2 aromatic carbocycles. The van der Waals surface area contributed by atoms with Crippen molar-refractivity contribution in [1.82, 2.24) is 15.1 Å². The molecule has 1 aliphatic carbocycles. The zero-order valence-corrected chi connectivity index (χ0v) is 20.9. The summed E-state index contributed by atoms with van der Waals surface area (Å²) in [6, 6.07) is 15.1. The van der Waals surface area contributed by atoms with Crippen LogP contribution in [-0.2, 0) is 22.6 Å². The number of carbonyl (C=O) groups is 2. The fourth-order valence-electron chi connectivity index (χ4n) is 5.92. The van der Waals surface area contributed by atoms with Gasteiger partial charge in [-0.15, -0.1) is 0 Å². The number of benzene rings is 2. The van der Waals surface area contributed by atoms with Crippen LogP contribution in [0.5, 0.6) is 0 Å². The lowest BCUT2D eigenvalue weighted by atomic mass is 9.84. The molecule has 0 unspecified atom stereocenters. The van der Waals surface area contributed by atoms with Gasteiger partial charge in [-0.3, -0.25) is 14.5 Å². The van der Waals surface area contributed by atoms with Crippen LogP contribution < -0.4 is 5.32 Å². The number of fused-ring (bicyclic) bond motifs is 1. The first-order valence-electron chi connectivity index (χ1n) is 12.8. The van der Waals surface area contributed by atoms with Crippen molar-refractivity contribution in [3.05, 3.63) is 70.2 Å². The number of amides is 2. The SMILES string of the molecule is O=C(NCc1cccc(CN2CCOCC2)c1)[C@@H]1C[C@@H]2CCCC[C@H]2N1C(=O)c1cccc(Cl)c1. The fraction of sp³-hybridized carbons (Fsp3) is 0.500. The molecule has 2 heterocycles. The molecule has 0 spiro atoms. The highest BCUT2D eigenvalue weighted by Crippen LogP contribution is 2.40. The van der Waals surface area contributed by atoms with Crippen molar-refractivity contribution in [2.24, 2.45) is 5.92 Å². The molecule has 0 bridgehead atoms. The third kappa shape index (κ3) is 5.71. The molecule has 3 fully saturated rings. The number of ether oxygens (including phenoxy) is 1. The number of likely N-dealkylation sites (tertiary alicyclic amines) is 1. The maximum atomic E-state index is 13.6. The zero-order valence-electron chi connectivity index (χ0n) is 20.1. The lowest BCUT2D eigenvalue weighted by Crippen LogP contribution is -2.49. The summed E-state index contributed by atoms with van der Waals surface area (Å²) in [6.07, 6.45) is 5.05. The van der Waals surface area contributed by atoms with Crippen LogP contribution in [-0.4, -0.2) is 60.0 Å². The van der Waals surface area contributed by atoms with Crippen molar-refractivity contribution in [3.8, 4) is 0 Å². The van der Waals surface area contributed by atoms with Crippen molar-refractivity contribution in [2.45, 2.75) is 57.3 Å². The van der Waals surface area contributed by atoms with Gasteiger partial charge in [0.1, 0.15) is 6.04 Å². The van der Waals surface area contributed by atoms with Gasteiger partial charge in [-0.05, 0) is 54.5 Å². The molecule has 35 heavy (non-hydrogen) atoms. The number of nitrogens with zero attached hydrogens (tertiary/aromatic N) is 2. The van der Waals surface area contributed by atoms with Gasteiger partial charge < -0.3 is 15.0 Å². The normalized spacial score (nSPS) is 24.7. The Morgan fingerprint density at radius 3 is 2.60 bits per heavy atom. The fourth-order valence-corrected chi connectivity index (χ4v) is 6.11. The molecule has 2 aliphatic heterocycles. The Labute approximate surface area is 212 Å². The lowest BCUT2D eigenvalue weighted by Gasteiger charge is -2.33. The molecule has 2 aromatic rings. The Balaban J connectivity index is 1.27. The molecule has 5 rings (SSSR count). The molecule has 0 radical (unpaired) electrons. The maximum Gasteiger partial charge on any atom is 0.254 e. The van der Waals surface area contributed by atoms with Gasteiger partial charge in [0.2, 0.25) is 5.91 Å². The molecule has 2 amide bonds. The smallest absolute Gasteiger partial charge is 0.254 e. The molecule has 1 N–H and O–H groups in total. The number of hydrogen-bond acceptors (Lipinski definition) is 4. The van der Waals surface area contributed by atoms with Gasteiger partial charge in [-0.25, -0.2) is 0 Å². The summed E-state index contributed by atoms with van der Waals surface area (Å²) in [6.45, 7) is 4.80. The summed E-state index contributed by atoms with van der Waals surface area (Å²) < 4.78 is 5.45. The zero-order chi connectivity index (χ0) is 24.2.